The third-order valence-corrected chi connectivity index (χ3v) is 8.04. The number of likely N-dealkylation sites (tertiary alicyclic amines) is 1. The molecule has 8 heteroatoms. The molecule has 1 amide bonds. The fourth-order valence-corrected chi connectivity index (χ4v) is 6.17. The molecule has 1 atom stereocenters. The Morgan fingerprint density at radius 1 is 1.00 bits per heavy atom. The van der Waals surface area contributed by atoms with E-state index < -0.39 is 0 Å². The van der Waals surface area contributed by atoms with Crippen molar-refractivity contribution in [2.24, 2.45) is 0 Å². The molecule has 1 aliphatic carbocycles. The van der Waals surface area contributed by atoms with Gasteiger partial charge in [0.05, 0.1) is 28.1 Å². The van der Waals surface area contributed by atoms with Gasteiger partial charge in [-0.1, -0.05) is 41.4 Å². The lowest BCUT2D eigenvalue weighted by Crippen LogP contribution is -2.32. The Morgan fingerprint density at radius 2 is 1.82 bits per heavy atom. The maximum absolute atomic E-state index is 14.2. The molecule has 2 aromatic carbocycles. The number of amides is 1. The van der Waals surface area contributed by atoms with Gasteiger partial charge in [0.1, 0.15) is 5.82 Å². The third kappa shape index (κ3) is 5.11. The molecule has 1 saturated heterocycles. The lowest BCUT2D eigenvalue weighted by Gasteiger charge is -2.24. The Balaban J connectivity index is 1.51. The molecular weight excluding hydrogens is 534 g/mol. The van der Waals surface area contributed by atoms with Crippen molar-refractivity contribution in [2.75, 3.05) is 6.54 Å². The molecule has 1 aliphatic heterocycles. The second kappa shape index (κ2) is 10.9. The molecule has 39 heavy (non-hydrogen) atoms. The minimum atomic E-state index is -0.280. The maximum atomic E-state index is 14.2. The summed E-state index contributed by atoms with van der Waals surface area (Å²) < 4.78 is 15.4. The first-order chi connectivity index (χ1) is 19.0. The van der Waals surface area contributed by atoms with E-state index in [1.54, 1.807) is 35.1 Å². The fraction of sp³-hybridized carbons (Fsp3) is 0.258. The van der Waals surface area contributed by atoms with Crippen molar-refractivity contribution in [1.29, 1.82) is 0 Å². The van der Waals surface area contributed by atoms with Gasteiger partial charge in [-0.3, -0.25) is 9.78 Å². The van der Waals surface area contributed by atoms with E-state index in [9.17, 15) is 9.18 Å². The fourth-order valence-electron chi connectivity index (χ4n) is 5.68. The zero-order valence-corrected chi connectivity index (χ0v) is 22.8. The van der Waals surface area contributed by atoms with Crippen LogP contribution in [0.25, 0.3) is 17.3 Å². The number of aromatic nitrogens is 3. The highest BCUT2D eigenvalue weighted by Crippen LogP contribution is 2.39. The van der Waals surface area contributed by atoms with E-state index in [-0.39, 0.29) is 17.8 Å². The van der Waals surface area contributed by atoms with Crippen LogP contribution in [0.3, 0.4) is 0 Å². The minimum absolute atomic E-state index is 0.0846. The van der Waals surface area contributed by atoms with E-state index in [0.29, 0.717) is 28.0 Å². The monoisotopic (exact) mass is 560 g/mol. The van der Waals surface area contributed by atoms with Crippen molar-refractivity contribution in [3.63, 3.8) is 0 Å². The van der Waals surface area contributed by atoms with Crippen LogP contribution in [-0.2, 0) is 6.42 Å². The van der Waals surface area contributed by atoms with Crippen molar-refractivity contribution >= 4 is 40.8 Å². The van der Waals surface area contributed by atoms with E-state index >= 15 is 0 Å². The van der Waals surface area contributed by atoms with Gasteiger partial charge < -0.3 is 4.90 Å². The number of carbonyl (C=O) groups is 1. The Hall–Kier alpha value is -3.48. The summed E-state index contributed by atoms with van der Waals surface area (Å²) >= 11 is 12.9. The van der Waals surface area contributed by atoms with Crippen LogP contribution in [0.2, 0.25) is 10.0 Å². The van der Waals surface area contributed by atoms with Crippen LogP contribution in [0.4, 0.5) is 4.39 Å². The van der Waals surface area contributed by atoms with E-state index in [1.807, 2.05) is 29.2 Å². The normalized spacial score (nSPS) is 18.3. The summed E-state index contributed by atoms with van der Waals surface area (Å²) in [6, 6.07) is 17.5. The molecule has 0 N–H and O–H groups in total. The molecule has 2 aromatic heterocycles. The molecule has 4 aromatic rings. The van der Waals surface area contributed by atoms with Gasteiger partial charge in [-0.15, -0.1) is 0 Å². The molecule has 5 nitrogen and oxygen atoms in total. The molecule has 1 unspecified atom stereocenters. The van der Waals surface area contributed by atoms with Gasteiger partial charge in [-0.2, -0.15) is 5.10 Å². The SMILES string of the molecule is O=C(c1nn(-c2ccc(Cl)cc2Cl)c2c1CCCCC2=Cc1ccc(F)cc1)N1CCCC1c1ccccn1. The van der Waals surface area contributed by atoms with Gasteiger partial charge in [0, 0.05) is 23.3 Å². The highest BCUT2D eigenvalue weighted by Gasteiger charge is 2.36. The number of benzene rings is 2. The van der Waals surface area contributed by atoms with Crippen LogP contribution < -0.4 is 0 Å². The van der Waals surface area contributed by atoms with Gasteiger partial charge in [-0.05, 0) is 98.2 Å². The van der Waals surface area contributed by atoms with Crippen LogP contribution in [0.15, 0.2) is 66.9 Å². The smallest absolute Gasteiger partial charge is 0.275 e. The minimum Gasteiger partial charge on any atom is -0.329 e. The largest absolute Gasteiger partial charge is 0.329 e. The molecule has 6 rings (SSSR count). The molecule has 0 bridgehead atoms. The van der Waals surface area contributed by atoms with Crippen molar-refractivity contribution in [2.45, 2.75) is 44.6 Å². The summed E-state index contributed by atoms with van der Waals surface area (Å²) in [6.07, 6.45) is 9.03. The molecule has 0 spiro atoms. The molecule has 3 heterocycles. The third-order valence-electron chi connectivity index (χ3n) is 7.50. The Labute approximate surface area is 236 Å². The molecule has 2 aliphatic rings. The van der Waals surface area contributed by atoms with Crippen LogP contribution in [0.1, 0.15) is 71.1 Å². The quantitative estimate of drug-likeness (QED) is 0.238. The summed E-state index contributed by atoms with van der Waals surface area (Å²) in [5, 5.41) is 5.92. The zero-order chi connectivity index (χ0) is 26.9. The average Bonchev–Trinajstić information content (AvgIpc) is 3.52. The van der Waals surface area contributed by atoms with Crippen molar-refractivity contribution in [1.82, 2.24) is 19.7 Å². The van der Waals surface area contributed by atoms with E-state index in [0.717, 1.165) is 66.6 Å². The van der Waals surface area contributed by atoms with Crippen molar-refractivity contribution in [3.8, 4) is 5.69 Å². The number of fused-ring (bicyclic) bond motifs is 1. The lowest BCUT2D eigenvalue weighted by molar-refractivity contribution is 0.0725. The molecular formula is C31H27Cl2FN4O. The summed E-state index contributed by atoms with van der Waals surface area (Å²) in [5.41, 5.74) is 5.72. The standard InChI is InChI=1S/C31H27Cl2FN4O/c32-22-12-15-27(25(33)19-22)38-30-21(18-20-10-13-23(34)14-11-20)6-1-2-7-24(30)29(36-38)31(39)37-17-5-9-28(37)26-8-3-4-16-35-26/h3-4,8,10-16,18-19,28H,1-2,5-7,9,17H2. The second-order valence-electron chi connectivity index (χ2n) is 10.0. The van der Waals surface area contributed by atoms with Gasteiger partial charge in [0.25, 0.3) is 5.91 Å². The van der Waals surface area contributed by atoms with Crippen LogP contribution in [0.5, 0.6) is 0 Å². The number of hydrogen-bond acceptors (Lipinski definition) is 3. The number of nitrogens with zero attached hydrogens (tertiary/aromatic N) is 4. The average molecular weight is 561 g/mol. The number of halogens is 3. The highest BCUT2D eigenvalue weighted by molar-refractivity contribution is 6.35. The predicted molar refractivity (Wildman–Crippen MR) is 153 cm³/mol. The van der Waals surface area contributed by atoms with Crippen LogP contribution in [0, 0.1) is 5.82 Å². The molecule has 198 valence electrons. The number of pyridine rings is 1. The van der Waals surface area contributed by atoms with E-state index in [2.05, 4.69) is 11.1 Å². The molecule has 0 radical (unpaired) electrons. The van der Waals surface area contributed by atoms with Crippen molar-refractivity contribution < 1.29 is 9.18 Å². The number of allylic oxidation sites excluding steroid dienone is 1. The topological polar surface area (TPSA) is 51.0 Å². The molecule has 0 saturated carbocycles. The van der Waals surface area contributed by atoms with Gasteiger partial charge in [-0.25, -0.2) is 9.07 Å². The van der Waals surface area contributed by atoms with Gasteiger partial charge in [0.2, 0.25) is 0 Å². The van der Waals surface area contributed by atoms with Crippen molar-refractivity contribution in [3.05, 3.63) is 111 Å². The Bertz CT molecular complexity index is 1550. The van der Waals surface area contributed by atoms with E-state index in [1.165, 1.54) is 12.1 Å². The molecule has 1 fully saturated rings. The lowest BCUT2D eigenvalue weighted by atomic mass is 10.0. The number of hydrogen-bond donors (Lipinski definition) is 0. The van der Waals surface area contributed by atoms with Crippen LogP contribution in [-0.4, -0.2) is 32.1 Å². The first-order valence-electron chi connectivity index (χ1n) is 13.3. The summed E-state index contributed by atoms with van der Waals surface area (Å²) in [7, 11) is 0. The predicted octanol–water partition coefficient (Wildman–Crippen LogP) is 7.96. The van der Waals surface area contributed by atoms with Crippen LogP contribution >= 0.6 is 23.2 Å². The number of rotatable bonds is 4. The Morgan fingerprint density at radius 3 is 2.59 bits per heavy atom. The first kappa shape index (κ1) is 25.8. The Kier molecular flexibility index (Phi) is 7.24. The zero-order valence-electron chi connectivity index (χ0n) is 21.3. The van der Waals surface area contributed by atoms with Gasteiger partial charge in [0.15, 0.2) is 5.69 Å². The summed E-state index contributed by atoms with van der Waals surface area (Å²) in [6.45, 7) is 0.654. The summed E-state index contributed by atoms with van der Waals surface area (Å²) in [5.74, 6) is -0.371. The number of carbonyl (C=O) groups excluding carboxylic acids is 1. The second-order valence-corrected chi connectivity index (χ2v) is 10.9. The maximum Gasteiger partial charge on any atom is 0.275 e. The summed E-state index contributed by atoms with van der Waals surface area (Å²) in [4.78, 5) is 20.7. The van der Waals surface area contributed by atoms with Gasteiger partial charge >= 0.3 is 0 Å². The van der Waals surface area contributed by atoms with E-state index in [4.69, 9.17) is 28.3 Å². The highest BCUT2D eigenvalue weighted by atomic mass is 35.5. The first-order valence-corrected chi connectivity index (χ1v) is 14.0.